The number of rotatable bonds is 3. The zero-order valence-electron chi connectivity index (χ0n) is 8.65. The normalized spacial score (nSPS) is 10.4. The number of ether oxygens (including phenoxy) is 1. The summed E-state index contributed by atoms with van der Waals surface area (Å²) in [4.78, 5) is 4.05. The lowest BCUT2D eigenvalue weighted by molar-refractivity contribution is 0.410. The fraction of sp³-hybridized carbons (Fsp3) is 0.182. The molecular formula is C11H10BrFN2O. The summed E-state index contributed by atoms with van der Waals surface area (Å²) in [6.07, 6.45) is 3.45. The molecule has 0 saturated heterocycles. The van der Waals surface area contributed by atoms with Gasteiger partial charge in [0.15, 0.2) is 0 Å². The zero-order chi connectivity index (χ0) is 11.5. The summed E-state index contributed by atoms with van der Waals surface area (Å²) in [7, 11) is 0. The highest BCUT2D eigenvalue weighted by Gasteiger charge is 2.08. The van der Waals surface area contributed by atoms with Gasteiger partial charge in [-0.05, 0) is 35.0 Å². The van der Waals surface area contributed by atoms with Gasteiger partial charge in [0.2, 0.25) is 0 Å². The molecule has 1 heterocycles. The number of hydrogen-bond acceptors (Lipinski definition) is 2. The minimum absolute atomic E-state index is 0.340. The number of benzene rings is 1. The Balaban J connectivity index is 2.30. The van der Waals surface area contributed by atoms with E-state index in [0.29, 0.717) is 16.2 Å². The van der Waals surface area contributed by atoms with Gasteiger partial charge in [-0.25, -0.2) is 9.37 Å². The first kappa shape index (κ1) is 11.1. The molecule has 2 aromatic rings. The molecule has 0 saturated carbocycles. The van der Waals surface area contributed by atoms with Crippen molar-refractivity contribution in [3.8, 4) is 11.8 Å². The summed E-state index contributed by atoms with van der Waals surface area (Å²) in [6, 6.07) is 4.74. The first-order chi connectivity index (χ1) is 7.70. The molecule has 0 radical (unpaired) electrons. The van der Waals surface area contributed by atoms with Crippen molar-refractivity contribution < 1.29 is 9.13 Å². The van der Waals surface area contributed by atoms with Crippen LogP contribution in [0.5, 0.6) is 11.8 Å². The van der Waals surface area contributed by atoms with Gasteiger partial charge in [0, 0.05) is 25.0 Å². The molecule has 2 rings (SSSR count). The molecule has 84 valence electrons. The Labute approximate surface area is 101 Å². The van der Waals surface area contributed by atoms with E-state index in [1.807, 2.05) is 17.7 Å². The SMILES string of the molecule is CCn1ccnc1Oc1cc(F)ccc1Br. The predicted molar refractivity (Wildman–Crippen MR) is 62.1 cm³/mol. The number of halogens is 2. The summed E-state index contributed by atoms with van der Waals surface area (Å²) in [6.45, 7) is 2.73. The first-order valence-electron chi connectivity index (χ1n) is 4.84. The molecule has 0 fully saturated rings. The second-order valence-electron chi connectivity index (χ2n) is 3.17. The summed E-state index contributed by atoms with van der Waals surface area (Å²) < 4.78 is 21.1. The van der Waals surface area contributed by atoms with E-state index in [1.54, 1.807) is 12.3 Å². The Morgan fingerprint density at radius 1 is 1.50 bits per heavy atom. The highest BCUT2D eigenvalue weighted by atomic mass is 79.9. The van der Waals surface area contributed by atoms with E-state index < -0.39 is 0 Å². The van der Waals surface area contributed by atoms with Crippen molar-refractivity contribution in [3.05, 3.63) is 40.9 Å². The molecule has 0 aliphatic heterocycles. The summed E-state index contributed by atoms with van der Waals surface area (Å²) in [5.74, 6) is 0.0775. The third kappa shape index (κ3) is 2.24. The molecule has 0 atom stereocenters. The Kier molecular flexibility index (Phi) is 3.24. The molecular weight excluding hydrogens is 275 g/mol. The van der Waals surface area contributed by atoms with Gasteiger partial charge >= 0.3 is 6.01 Å². The highest BCUT2D eigenvalue weighted by Crippen LogP contribution is 2.29. The van der Waals surface area contributed by atoms with Crippen molar-refractivity contribution >= 4 is 15.9 Å². The number of aromatic nitrogens is 2. The lowest BCUT2D eigenvalue weighted by Gasteiger charge is -2.08. The minimum Gasteiger partial charge on any atom is -0.424 e. The molecule has 0 spiro atoms. The molecule has 0 aliphatic carbocycles. The Morgan fingerprint density at radius 3 is 3.06 bits per heavy atom. The van der Waals surface area contributed by atoms with Crippen LogP contribution in [0.1, 0.15) is 6.92 Å². The Hall–Kier alpha value is -1.36. The fourth-order valence-electron chi connectivity index (χ4n) is 1.29. The molecule has 3 nitrogen and oxygen atoms in total. The van der Waals surface area contributed by atoms with E-state index in [-0.39, 0.29) is 5.82 Å². The standard InChI is InChI=1S/C11H10BrFN2O/c1-2-15-6-5-14-11(15)16-10-7-8(13)3-4-9(10)12/h3-7H,2H2,1H3. The van der Waals surface area contributed by atoms with Crippen LogP contribution in [0.4, 0.5) is 4.39 Å². The number of nitrogens with zero attached hydrogens (tertiary/aromatic N) is 2. The molecule has 0 N–H and O–H groups in total. The lowest BCUT2D eigenvalue weighted by atomic mass is 10.3. The Morgan fingerprint density at radius 2 is 2.31 bits per heavy atom. The average Bonchev–Trinajstić information content (AvgIpc) is 2.71. The molecule has 16 heavy (non-hydrogen) atoms. The quantitative estimate of drug-likeness (QED) is 0.861. The molecule has 5 heteroatoms. The zero-order valence-corrected chi connectivity index (χ0v) is 10.2. The molecule has 0 amide bonds. The second kappa shape index (κ2) is 4.65. The first-order valence-corrected chi connectivity index (χ1v) is 5.64. The second-order valence-corrected chi connectivity index (χ2v) is 4.03. The van der Waals surface area contributed by atoms with Crippen molar-refractivity contribution in [3.63, 3.8) is 0 Å². The van der Waals surface area contributed by atoms with Crippen LogP contribution in [0.15, 0.2) is 35.1 Å². The third-order valence-corrected chi connectivity index (χ3v) is 2.77. The van der Waals surface area contributed by atoms with E-state index in [1.165, 1.54) is 12.1 Å². The molecule has 1 aromatic carbocycles. The fourth-order valence-corrected chi connectivity index (χ4v) is 1.62. The molecule has 1 aromatic heterocycles. The van der Waals surface area contributed by atoms with Gasteiger partial charge in [0.25, 0.3) is 0 Å². The Bertz CT molecular complexity index is 498. The third-order valence-electron chi connectivity index (χ3n) is 2.11. The smallest absolute Gasteiger partial charge is 0.301 e. The number of hydrogen-bond donors (Lipinski definition) is 0. The molecule has 0 aliphatic rings. The van der Waals surface area contributed by atoms with Crippen LogP contribution in [0.25, 0.3) is 0 Å². The van der Waals surface area contributed by atoms with Gasteiger partial charge in [-0.3, -0.25) is 0 Å². The van der Waals surface area contributed by atoms with Crippen LogP contribution in [-0.2, 0) is 6.54 Å². The molecule has 0 bridgehead atoms. The number of imidazole rings is 1. The minimum atomic E-state index is -0.340. The lowest BCUT2D eigenvalue weighted by Crippen LogP contribution is -1.97. The molecule has 0 unspecified atom stereocenters. The average molecular weight is 285 g/mol. The van der Waals surface area contributed by atoms with E-state index in [9.17, 15) is 4.39 Å². The monoisotopic (exact) mass is 284 g/mol. The maximum absolute atomic E-state index is 13.0. The van der Waals surface area contributed by atoms with Crippen LogP contribution in [0.3, 0.4) is 0 Å². The summed E-state index contributed by atoms with van der Waals surface area (Å²) >= 11 is 3.29. The maximum Gasteiger partial charge on any atom is 0.301 e. The van der Waals surface area contributed by atoms with Crippen molar-refractivity contribution in [2.75, 3.05) is 0 Å². The maximum atomic E-state index is 13.0. The van der Waals surface area contributed by atoms with E-state index in [2.05, 4.69) is 20.9 Å². The van der Waals surface area contributed by atoms with Crippen molar-refractivity contribution in [2.24, 2.45) is 0 Å². The number of aryl methyl sites for hydroxylation is 1. The van der Waals surface area contributed by atoms with Crippen LogP contribution in [-0.4, -0.2) is 9.55 Å². The van der Waals surface area contributed by atoms with Crippen molar-refractivity contribution in [1.82, 2.24) is 9.55 Å². The van der Waals surface area contributed by atoms with Gasteiger partial charge in [-0.2, -0.15) is 0 Å². The summed E-state index contributed by atoms with van der Waals surface area (Å²) in [5.41, 5.74) is 0. The van der Waals surface area contributed by atoms with Crippen molar-refractivity contribution in [2.45, 2.75) is 13.5 Å². The van der Waals surface area contributed by atoms with Crippen LogP contribution in [0.2, 0.25) is 0 Å². The van der Waals surface area contributed by atoms with Gasteiger partial charge in [-0.15, -0.1) is 0 Å². The largest absolute Gasteiger partial charge is 0.424 e. The van der Waals surface area contributed by atoms with Crippen LogP contribution < -0.4 is 4.74 Å². The van der Waals surface area contributed by atoms with Crippen molar-refractivity contribution in [1.29, 1.82) is 0 Å². The van der Waals surface area contributed by atoms with E-state index in [4.69, 9.17) is 4.74 Å². The highest BCUT2D eigenvalue weighted by molar-refractivity contribution is 9.10. The van der Waals surface area contributed by atoms with Gasteiger partial charge in [0.1, 0.15) is 11.6 Å². The topological polar surface area (TPSA) is 27.1 Å². The van der Waals surface area contributed by atoms with E-state index >= 15 is 0 Å². The summed E-state index contributed by atoms with van der Waals surface area (Å²) in [5, 5.41) is 0. The van der Waals surface area contributed by atoms with E-state index in [0.717, 1.165) is 6.54 Å². The predicted octanol–water partition coefficient (Wildman–Crippen LogP) is 3.60. The van der Waals surface area contributed by atoms with Gasteiger partial charge in [0.05, 0.1) is 4.47 Å². The van der Waals surface area contributed by atoms with Crippen LogP contribution >= 0.6 is 15.9 Å². The van der Waals surface area contributed by atoms with Crippen LogP contribution in [0, 0.1) is 5.82 Å². The van der Waals surface area contributed by atoms with Gasteiger partial charge < -0.3 is 9.30 Å². The van der Waals surface area contributed by atoms with Gasteiger partial charge in [-0.1, -0.05) is 0 Å².